The minimum atomic E-state index is -5.77. The van der Waals surface area contributed by atoms with Gasteiger partial charge in [0.2, 0.25) is 22.7 Å². The second kappa shape index (κ2) is 32.2. The molecule has 0 spiro atoms. The zero-order chi connectivity index (χ0) is 60.1. The number of esters is 1. The molecule has 0 bridgehead atoms. The van der Waals surface area contributed by atoms with Crippen LogP contribution in [0.4, 0.5) is 23.2 Å². The molecule has 2 heterocycles. The van der Waals surface area contributed by atoms with Gasteiger partial charge in [0.15, 0.2) is 23.1 Å². The number of hydrogen-bond donors (Lipinski definition) is 4. The molecule has 4 N–H and O–H groups in total. The number of fused-ring (bicyclic) bond motifs is 2. The van der Waals surface area contributed by atoms with Gasteiger partial charge in [0.25, 0.3) is 30.4 Å². The standard InChI is InChI=1S/C52H66F4N2O19S4.2Na/c1-51(2,3)39-33-36(76-42-32-35(15-17-38(39)42)57(20-11-31-79(63,64)65)22-23-73-26-27-75-29-28-74-25-24-72-5)12-9-13-43-52(4,19-10-30-78(60,61)62)40-34-37(80(66,67)68)16-18-41(40)58(43)21-8-6-7-14-44(59)77-49-45(53)47(55)50(81(69,70)71)48(56)46(49)54;;/h9,12-13,15-18,32-34H,6-8,10-11,14,19-31H2,1-5H3,(H3-,60,61,62,63,64,65,66,67,68,69,70,71);;/q;2*+1/p+1. The van der Waals surface area contributed by atoms with Gasteiger partial charge in [-0.3, -0.25) is 23.0 Å². The molecule has 5 rings (SSSR count). The largest absolute Gasteiger partial charge is 1.00 e. The van der Waals surface area contributed by atoms with Crippen LogP contribution in [0, 0.1) is 23.3 Å². The Kier molecular flexibility index (Phi) is 28.7. The predicted octanol–water partition coefficient (Wildman–Crippen LogP) is 0.995. The van der Waals surface area contributed by atoms with Crippen LogP contribution in [0.2, 0.25) is 0 Å². The molecule has 1 atom stereocenters. The third-order valence-corrected chi connectivity index (χ3v) is 16.3. The molecule has 1 aliphatic carbocycles. The van der Waals surface area contributed by atoms with Gasteiger partial charge in [-0.15, -0.1) is 0 Å². The third kappa shape index (κ3) is 21.6. The number of nitrogens with zero attached hydrogens (tertiary/aromatic N) is 2. The number of halogens is 4. The molecule has 450 valence electrons. The summed E-state index contributed by atoms with van der Waals surface area (Å²) < 4.78 is 226. The van der Waals surface area contributed by atoms with Gasteiger partial charge in [-0.2, -0.15) is 42.5 Å². The fourth-order valence-corrected chi connectivity index (χ4v) is 11.2. The maximum absolute atomic E-state index is 14.6. The second-order valence-corrected chi connectivity index (χ2v) is 26.0. The number of hydrogen-bond acceptors (Lipinski definition) is 16. The smallest absolute Gasteiger partial charge is 0.456 e. The Morgan fingerprint density at radius 3 is 1.87 bits per heavy atom. The SMILES string of the molecule is COCCOCCOCCOCC[N+](CCCS(=O)(=O)O)=c1ccc2c(C(C)(C)C)cc(/C=C/C=C3/N(CCCCCC(=O)Oc4c(F)c(F)c(S(=O)(=O)O)c(F)c4F)c4ccc(S(=O)(=O)O)cc4C3(C)CCCS(=O)(=O)O)oc-2c1.[Na+].[Na+]. The van der Waals surface area contributed by atoms with E-state index in [0.717, 1.165) is 11.1 Å². The summed E-state index contributed by atoms with van der Waals surface area (Å²) in [5.74, 6) is -13.3. The zero-order valence-electron chi connectivity index (χ0n) is 47.2. The van der Waals surface area contributed by atoms with Crippen LogP contribution in [-0.2, 0) is 75.0 Å². The monoisotopic (exact) mass is 1270 g/mol. The van der Waals surface area contributed by atoms with Gasteiger partial charge in [0.1, 0.15) is 24.7 Å². The van der Waals surface area contributed by atoms with E-state index in [1.165, 1.54) is 18.2 Å². The van der Waals surface area contributed by atoms with Crippen molar-refractivity contribution >= 4 is 58.2 Å². The maximum atomic E-state index is 14.6. The van der Waals surface area contributed by atoms with Gasteiger partial charge in [-0.1, -0.05) is 33.3 Å². The number of rotatable bonds is 31. The molecule has 2 aromatic rings. The van der Waals surface area contributed by atoms with E-state index in [4.69, 9.17) is 27.9 Å². The van der Waals surface area contributed by atoms with Crippen molar-refractivity contribution in [3.63, 3.8) is 0 Å². The number of carbonyl (C=O) groups excluding carboxylic acids is 1. The van der Waals surface area contributed by atoms with Gasteiger partial charge in [-0.25, -0.2) is 13.4 Å². The van der Waals surface area contributed by atoms with Crippen LogP contribution in [-0.4, -0.2) is 142 Å². The number of anilines is 1. The molecule has 0 radical (unpaired) electrons. The van der Waals surface area contributed by atoms with Gasteiger partial charge in [0, 0.05) is 54.9 Å². The first-order valence-electron chi connectivity index (χ1n) is 25.4. The van der Waals surface area contributed by atoms with Gasteiger partial charge in [-0.05, 0) is 91.6 Å². The van der Waals surface area contributed by atoms with E-state index < -0.39 is 114 Å². The number of benzene rings is 3. The van der Waals surface area contributed by atoms with Crippen molar-refractivity contribution in [3.8, 4) is 17.1 Å². The topological polar surface area (TPSA) is 300 Å². The summed E-state index contributed by atoms with van der Waals surface area (Å²) in [6.45, 7) is 10.9. The quantitative estimate of drug-likeness (QED) is 0.00798. The van der Waals surface area contributed by atoms with E-state index in [0.29, 0.717) is 73.4 Å². The summed E-state index contributed by atoms with van der Waals surface area (Å²) in [5.41, 5.74) is 1.27. The Morgan fingerprint density at radius 2 is 1.30 bits per heavy atom. The summed E-state index contributed by atoms with van der Waals surface area (Å²) in [4.78, 5) is 11.7. The van der Waals surface area contributed by atoms with Crippen LogP contribution in [0.15, 0.2) is 74.5 Å². The molecule has 31 heteroatoms. The first-order valence-corrected chi connectivity index (χ1v) is 31.5. The van der Waals surface area contributed by atoms with Crippen LogP contribution in [0.5, 0.6) is 5.75 Å². The summed E-state index contributed by atoms with van der Waals surface area (Å²) in [6.07, 6.45) is 4.80. The number of allylic oxidation sites excluding steroid dienone is 3. The zero-order valence-corrected chi connectivity index (χ0v) is 54.4. The minimum absolute atomic E-state index is 0. The number of methoxy groups -OCH3 is 1. The van der Waals surface area contributed by atoms with Crippen molar-refractivity contribution in [1.82, 2.24) is 4.58 Å². The predicted molar refractivity (Wildman–Crippen MR) is 288 cm³/mol. The molecule has 83 heavy (non-hydrogen) atoms. The van der Waals surface area contributed by atoms with E-state index in [1.807, 2.05) is 43.5 Å². The second-order valence-electron chi connectivity index (χ2n) is 20.1. The van der Waals surface area contributed by atoms with Crippen molar-refractivity contribution in [2.24, 2.45) is 0 Å². The summed E-state index contributed by atoms with van der Waals surface area (Å²) >= 11 is 0. The van der Waals surface area contributed by atoms with Crippen LogP contribution in [0.3, 0.4) is 0 Å². The van der Waals surface area contributed by atoms with Crippen molar-refractivity contribution in [1.29, 1.82) is 0 Å². The maximum Gasteiger partial charge on any atom is 1.00 e. The van der Waals surface area contributed by atoms with E-state index in [1.54, 1.807) is 43.2 Å². The Morgan fingerprint density at radius 1 is 0.711 bits per heavy atom. The fraction of sp³-hybridized carbons (Fsp3) is 0.500. The van der Waals surface area contributed by atoms with E-state index >= 15 is 0 Å². The number of unbranched alkanes of at least 4 members (excludes halogenated alkanes) is 2. The van der Waals surface area contributed by atoms with Crippen molar-refractivity contribution < 1.29 is 161 Å². The molecule has 0 saturated carbocycles. The van der Waals surface area contributed by atoms with Crippen molar-refractivity contribution in [3.05, 3.63) is 106 Å². The first kappa shape index (κ1) is 74.1. The summed E-state index contributed by atoms with van der Waals surface area (Å²) in [7, 11) is -17.7. The Hall–Kier alpha value is -3.18. The molecule has 2 aromatic carbocycles. The average Bonchev–Trinajstić information content (AvgIpc) is 3.43. The van der Waals surface area contributed by atoms with Gasteiger partial charge >= 0.3 is 75.2 Å². The molecule has 2 aliphatic heterocycles. The summed E-state index contributed by atoms with van der Waals surface area (Å²) in [6, 6.07) is 11.3. The molecule has 0 saturated heterocycles. The molecule has 0 fully saturated rings. The molecule has 0 amide bonds. The first-order chi connectivity index (χ1) is 37.8. The molecular formula is C52H67F4N2Na2O19S4+3. The Labute approximate surface area is 525 Å². The van der Waals surface area contributed by atoms with Crippen LogP contribution in [0.25, 0.3) is 17.4 Å². The van der Waals surface area contributed by atoms with E-state index in [-0.39, 0.29) is 124 Å². The fourth-order valence-electron chi connectivity index (χ4n) is 9.09. The normalized spacial score (nSPS) is 15.9. The Bertz CT molecular complexity index is 3440. The van der Waals surface area contributed by atoms with Crippen LogP contribution < -0.4 is 78.7 Å². The molecular weight excluding hydrogens is 1210 g/mol. The van der Waals surface area contributed by atoms with Gasteiger partial charge < -0.3 is 33.0 Å². The average molecular weight is 1270 g/mol. The molecule has 3 aliphatic rings. The van der Waals surface area contributed by atoms with E-state index in [2.05, 4.69) is 4.74 Å². The van der Waals surface area contributed by atoms with Gasteiger partial charge in [0.05, 0.1) is 62.1 Å². The minimum Gasteiger partial charge on any atom is -0.456 e. The molecule has 1 unspecified atom stereocenters. The molecule has 0 aromatic heterocycles. The third-order valence-electron chi connectivity index (χ3n) is 13.0. The van der Waals surface area contributed by atoms with Crippen LogP contribution in [0.1, 0.15) is 89.5 Å². The number of carbonyl (C=O) groups is 1. The number of ether oxygens (including phenoxy) is 5. The van der Waals surface area contributed by atoms with E-state index in [9.17, 15) is 69.7 Å². The van der Waals surface area contributed by atoms with Crippen molar-refractivity contribution in [2.75, 3.05) is 89.4 Å². The molecule has 21 nitrogen and oxygen atoms in total. The Balaban J connectivity index is 0.00000903. The van der Waals surface area contributed by atoms with Crippen LogP contribution >= 0.6 is 0 Å². The van der Waals surface area contributed by atoms with Crippen molar-refractivity contribution in [2.45, 2.75) is 93.3 Å². The summed E-state index contributed by atoms with van der Waals surface area (Å²) in [5, 5.41) is 0.653.